The fourth-order valence-electron chi connectivity index (χ4n) is 4.74. The lowest BCUT2D eigenvalue weighted by Crippen LogP contribution is -2.38. The molecule has 1 aliphatic heterocycles. The van der Waals surface area contributed by atoms with Crippen LogP contribution >= 0.6 is 0 Å². The largest absolute Gasteiger partial charge is 0.366 e. The van der Waals surface area contributed by atoms with Crippen molar-refractivity contribution < 1.29 is 13.2 Å². The molecule has 33 heavy (non-hydrogen) atoms. The molecule has 1 aliphatic rings. The number of H-pyrrole nitrogens is 1. The number of nitrogens with zero attached hydrogens (tertiary/aromatic N) is 2. The van der Waals surface area contributed by atoms with Gasteiger partial charge in [-0.05, 0) is 73.4 Å². The first-order valence-corrected chi connectivity index (χ1v) is 13.3. The second-order valence-corrected chi connectivity index (χ2v) is 11.1. The van der Waals surface area contributed by atoms with Crippen LogP contribution in [0.2, 0.25) is 0 Å². The molecule has 3 heterocycles. The number of pyridine rings is 1. The van der Waals surface area contributed by atoms with Crippen LogP contribution in [0, 0.1) is 0 Å². The molecular formula is C25H32N4O3S. The molecule has 3 aromatic rings. The first-order chi connectivity index (χ1) is 15.8. The van der Waals surface area contributed by atoms with Crippen molar-refractivity contribution >= 4 is 26.8 Å². The summed E-state index contributed by atoms with van der Waals surface area (Å²) in [6.07, 6.45) is 10.3. The van der Waals surface area contributed by atoms with Gasteiger partial charge in [0.05, 0.1) is 16.8 Å². The highest BCUT2D eigenvalue weighted by atomic mass is 32.2. The molecule has 4 rings (SSSR count). The summed E-state index contributed by atoms with van der Waals surface area (Å²) < 4.78 is 26.1. The molecule has 3 N–H and O–H groups in total. The third-order valence-electron chi connectivity index (χ3n) is 6.69. The zero-order valence-electron chi connectivity index (χ0n) is 19.3. The Morgan fingerprint density at radius 1 is 1.15 bits per heavy atom. The summed E-state index contributed by atoms with van der Waals surface area (Å²) in [7, 11) is -3.17. The van der Waals surface area contributed by atoms with Crippen molar-refractivity contribution in [2.75, 3.05) is 18.8 Å². The molecule has 1 aromatic carbocycles. The molecule has 1 amide bonds. The number of nitrogens with two attached hydrogens (primary N) is 1. The highest BCUT2D eigenvalue weighted by molar-refractivity contribution is 7.89. The minimum atomic E-state index is -3.17. The average Bonchev–Trinajstić information content (AvgIpc) is 3.26. The second-order valence-electron chi connectivity index (χ2n) is 8.81. The number of benzene rings is 1. The predicted molar refractivity (Wildman–Crippen MR) is 132 cm³/mol. The van der Waals surface area contributed by atoms with E-state index >= 15 is 0 Å². The van der Waals surface area contributed by atoms with Gasteiger partial charge in [0, 0.05) is 42.6 Å². The average molecular weight is 469 g/mol. The summed E-state index contributed by atoms with van der Waals surface area (Å²) in [5, 5.41) is 0.969. The Labute approximate surface area is 195 Å². The summed E-state index contributed by atoms with van der Waals surface area (Å²) in [5.74, 6) is -0.136. The Balaban J connectivity index is 1.71. The van der Waals surface area contributed by atoms with Gasteiger partial charge in [0.25, 0.3) is 5.91 Å². The van der Waals surface area contributed by atoms with Crippen molar-refractivity contribution in [2.45, 2.75) is 51.9 Å². The van der Waals surface area contributed by atoms with Gasteiger partial charge in [-0.2, -0.15) is 0 Å². The fourth-order valence-corrected chi connectivity index (χ4v) is 5.87. The molecule has 2 aromatic heterocycles. The Kier molecular flexibility index (Phi) is 6.86. The lowest BCUT2D eigenvalue weighted by atomic mass is 9.88. The number of primary amides is 1. The van der Waals surface area contributed by atoms with Crippen molar-refractivity contribution in [1.29, 1.82) is 0 Å². The summed E-state index contributed by atoms with van der Waals surface area (Å²) in [5.41, 5.74) is 11.1. The van der Waals surface area contributed by atoms with Crippen LogP contribution in [0.15, 0.2) is 36.8 Å². The molecule has 0 unspecified atom stereocenters. The number of rotatable bonds is 8. The zero-order valence-corrected chi connectivity index (χ0v) is 20.1. The lowest BCUT2D eigenvalue weighted by Gasteiger charge is -2.31. The molecule has 7 nitrogen and oxygen atoms in total. The van der Waals surface area contributed by atoms with E-state index in [4.69, 9.17) is 5.73 Å². The SMILES string of the molecule is CCCCc1cncc(-c2cc(C(N)=O)c3[nH]cc(C4CCN(S(=O)(=O)CC)CC4)c3c2)c1. The zero-order chi connectivity index (χ0) is 23.6. The molecule has 1 saturated heterocycles. The number of sulfonamides is 1. The topological polar surface area (TPSA) is 109 Å². The van der Waals surface area contributed by atoms with Crippen molar-refractivity contribution in [3.05, 3.63) is 53.5 Å². The Hall–Kier alpha value is -2.71. The number of hydrogen-bond acceptors (Lipinski definition) is 4. The van der Waals surface area contributed by atoms with Gasteiger partial charge in [0.1, 0.15) is 0 Å². The van der Waals surface area contributed by atoms with E-state index in [2.05, 4.69) is 29.0 Å². The normalized spacial score (nSPS) is 15.8. The van der Waals surface area contributed by atoms with Crippen LogP contribution in [0.3, 0.4) is 0 Å². The van der Waals surface area contributed by atoms with Crippen molar-refractivity contribution in [3.8, 4) is 11.1 Å². The highest BCUT2D eigenvalue weighted by Crippen LogP contribution is 2.37. The van der Waals surface area contributed by atoms with E-state index in [-0.39, 0.29) is 11.7 Å². The number of fused-ring (bicyclic) bond motifs is 1. The first kappa shape index (κ1) is 23.4. The smallest absolute Gasteiger partial charge is 0.250 e. The van der Waals surface area contributed by atoms with Crippen LogP contribution in [0.4, 0.5) is 0 Å². The van der Waals surface area contributed by atoms with Crippen molar-refractivity contribution in [2.24, 2.45) is 5.73 Å². The maximum atomic E-state index is 12.3. The molecule has 176 valence electrons. The Morgan fingerprint density at radius 2 is 1.91 bits per heavy atom. The standard InChI is InChI=1S/C25H32N4O3S/c1-3-5-6-17-11-20(15-27-14-17)19-12-21-23(16-28-24(21)22(13-19)25(26)30)18-7-9-29(10-8-18)33(31,32)4-2/h11-16,18,28H,3-10H2,1-2H3,(H2,26,30). The highest BCUT2D eigenvalue weighted by Gasteiger charge is 2.29. The lowest BCUT2D eigenvalue weighted by molar-refractivity contribution is 0.100. The van der Waals surface area contributed by atoms with Gasteiger partial charge < -0.3 is 10.7 Å². The van der Waals surface area contributed by atoms with Crippen LogP contribution in [-0.2, 0) is 16.4 Å². The molecule has 0 aliphatic carbocycles. The Bertz CT molecular complexity index is 1260. The molecule has 8 heteroatoms. The van der Waals surface area contributed by atoms with Crippen LogP contribution in [0.1, 0.15) is 66.9 Å². The van der Waals surface area contributed by atoms with E-state index in [1.807, 2.05) is 24.7 Å². The number of hydrogen-bond donors (Lipinski definition) is 2. The Morgan fingerprint density at radius 3 is 2.58 bits per heavy atom. The number of carbonyl (C=O) groups is 1. The van der Waals surface area contributed by atoms with Crippen molar-refractivity contribution in [3.63, 3.8) is 0 Å². The van der Waals surface area contributed by atoms with E-state index in [0.717, 1.165) is 59.7 Å². The monoisotopic (exact) mass is 468 g/mol. The fraction of sp³-hybridized carbons (Fsp3) is 0.440. The molecular weight excluding hydrogens is 436 g/mol. The molecule has 0 atom stereocenters. The maximum absolute atomic E-state index is 12.3. The number of carbonyl (C=O) groups excluding carboxylic acids is 1. The van der Waals surface area contributed by atoms with Gasteiger partial charge >= 0.3 is 0 Å². The molecule has 0 saturated carbocycles. The van der Waals surface area contributed by atoms with Crippen LogP contribution < -0.4 is 5.73 Å². The van der Waals surface area contributed by atoms with Crippen LogP contribution in [0.25, 0.3) is 22.0 Å². The van der Waals surface area contributed by atoms with Crippen LogP contribution in [-0.4, -0.2) is 47.4 Å². The number of nitrogens with one attached hydrogen (secondary N) is 1. The van der Waals surface area contributed by atoms with Gasteiger partial charge in [-0.3, -0.25) is 9.78 Å². The number of aryl methyl sites for hydroxylation is 1. The summed E-state index contributed by atoms with van der Waals surface area (Å²) >= 11 is 0. The number of amides is 1. The molecule has 0 spiro atoms. The van der Waals surface area contributed by atoms with Crippen molar-refractivity contribution in [1.82, 2.24) is 14.3 Å². The minimum Gasteiger partial charge on any atom is -0.366 e. The van der Waals surface area contributed by atoms with E-state index < -0.39 is 15.9 Å². The number of piperidine rings is 1. The second kappa shape index (κ2) is 9.65. The molecule has 1 fully saturated rings. The van der Waals surface area contributed by atoms with Crippen LogP contribution in [0.5, 0.6) is 0 Å². The predicted octanol–water partition coefficient (Wildman–Crippen LogP) is 4.20. The maximum Gasteiger partial charge on any atom is 0.250 e. The van der Waals surface area contributed by atoms with Gasteiger partial charge in [-0.15, -0.1) is 0 Å². The van der Waals surface area contributed by atoms with Gasteiger partial charge in [0.15, 0.2) is 0 Å². The summed E-state index contributed by atoms with van der Waals surface area (Å²) in [4.78, 5) is 20.0. The molecule has 0 bridgehead atoms. The number of aromatic nitrogens is 2. The quantitative estimate of drug-likeness (QED) is 0.516. The number of unbranched alkanes of at least 4 members (excludes halogenated alkanes) is 1. The third-order valence-corrected chi connectivity index (χ3v) is 8.57. The van der Waals surface area contributed by atoms with E-state index in [1.54, 1.807) is 11.2 Å². The first-order valence-electron chi connectivity index (χ1n) is 11.7. The summed E-state index contributed by atoms with van der Waals surface area (Å²) in [6, 6.07) is 6.07. The minimum absolute atomic E-state index is 0.126. The van der Waals surface area contributed by atoms with E-state index in [0.29, 0.717) is 18.7 Å². The number of aromatic amines is 1. The summed E-state index contributed by atoms with van der Waals surface area (Å²) in [6.45, 7) is 4.87. The van der Waals surface area contributed by atoms with Gasteiger partial charge in [-0.1, -0.05) is 13.3 Å². The van der Waals surface area contributed by atoms with Gasteiger partial charge in [-0.25, -0.2) is 12.7 Å². The van der Waals surface area contributed by atoms with E-state index in [9.17, 15) is 13.2 Å². The molecule has 0 radical (unpaired) electrons. The van der Waals surface area contributed by atoms with E-state index in [1.165, 1.54) is 5.56 Å². The van der Waals surface area contributed by atoms with Gasteiger partial charge in [0.2, 0.25) is 10.0 Å². The third kappa shape index (κ3) is 4.82.